The molecule has 0 aliphatic carbocycles. The minimum atomic E-state index is -0.328. The average molecular weight is 562 g/mol. The maximum Gasteiger partial charge on any atom is 0.338 e. The molecule has 0 aliphatic heterocycles. The standard InChI is InChI=1S/C33H35N7O2/c1-4-7-24-42-33(41)25-8-10-26(11-9-25)34-35-27-12-14-28(15-13-27)36-37-29-16-18-30(19-17-29)38-39-31-20-22-32(23-21-31)40(5-2)6-3/h8-23H,4-7,24H2,1-3H3. The Morgan fingerprint density at radius 2 is 0.881 bits per heavy atom. The fraction of sp³-hybridized carbons (Fsp3) is 0.242. The van der Waals surface area contributed by atoms with Gasteiger partial charge in [0.1, 0.15) is 0 Å². The molecule has 0 saturated heterocycles. The molecule has 0 N–H and O–H groups in total. The Kier molecular flexibility index (Phi) is 11.2. The summed E-state index contributed by atoms with van der Waals surface area (Å²) in [6.07, 6.45) is 1.83. The summed E-state index contributed by atoms with van der Waals surface area (Å²) < 4.78 is 5.22. The number of esters is 1. The molecule has 0 atom stereocenters. The molecule has 0 amide bonds. The Labute approximate surface area is 246 Å². The summed E-state index contributed by atoms with van der Waals surface area (Å²) in [4.78, 5) is 14.3. The molecule has 0 unspecified atom stereocenters. The first kappa shape index (κ1) is 29.9. The predicted octanol–water partition coefficient (Wildman–Crippen LogP) is 10.7. The fourth-order valence-corrected chi connectivity index (χ4v) is 3.89. The largest absolute Gasteiger partial charge is 0.462 e. The van der Waals surface area contributed by atoms with E-state index in [4.69, 9.17) is 4.74 Å². The van der Waals surface area contributed by atoms with E-state index in [1.165, 1.54) is 5.69 Å². The number of hydrogen-bond donors (Lipinski definition) is 0. The highest BCUT2D eigenvalue weighted by atomic mass is 16.5. The van der Waals surface area contributed by atoms with Crippen molar-refractivity contribution in [2.75, 3.05) is 24.6 Å². The number of carbonyl (C=O) groups excluding carboxylic acids is 1. The molecule has 0 heterocycles. The van der Waals surface area contributed by atoms with Crippen molar-refractivity contribution < 1.29 is 9.53 Å². The summed E-state index contributed by atoms with van der Waals surface area (Å²) in [5.41, 5.74) is 5.92. The lowest BCUT2D eigenvalue weighted by molar-refractivity contribution is 0.0500. The molecule has 9 heteroatoms. The number of nitrogens with zero attached hydrogens (tertiary/aromatic N) is 7. The van der Waals surface area contributed by atoms with Crippen LogP contribution in [0.25, 0.3) is 0 Å². The van der Waals surface area contributed by atoms with Gasteiger partial charge in [0.25, 0.3) is 0 Å². The second-order valence-electron chi connectivity index (χ2n) is 9.36. The molecule has 0 radical (unpaired) electrons. The van der Waals surface area contributed by atoms with Gasteiger partial charge < -0.3 is 9.64 Å². The molecule has 9 nitrogen and oxygen atoms in total. The van der Waals surface area contributed by atoms with Crippen molar-refractivity contribution >= 4 is 45.8 Å². The Morgan fingerprint density at radius 3 is 1.21 bits per heavy atom. The van der Waals surface area contributed by atoms with Gasteiger partial charge in [0, 0.05) is 18.8 Å². The summed E-state index contributed by atoms with van der Waals surface area (Å²) in [5.74, 6) is -0.328. The topological polar surface area (TPSA) is 104 Å². The van der Waals surface area contributed by atoms with Crippen LogP contribution in [0.15, 0.2) is 128 Å². The number of rotatable bonds is 13. The number of carbonyl (C=O) groups is 1. The van der Waals surface area contributed by atoms with E-state index in [1.54, 1.807) is 24.3 Å². The van der Waals surface area contributed by atoms with Gasteiger partial charge in [-0.25, -0.2) is 4.79 Å². The smallest absolute Gasteiger partial charge is 0.338 e. The normalized spacial score (nSPS) is 11.5. The lowest BCUT2D eigenvalue weighted by Crippen LogP contribution is -2.21. The molecule has 0 aromatic heterocycles. The molecule has 4 rings (SSSR count). The molecule has 0 bridgehead atoms. The van der Waals surface area contributed by atoms with E-state index in [2.05, 4.69) is 68.5 Å². The van der Waals surface area contributed by atoms with Crippen LogP contribution in [0.5, 0.6) is 0 Å². The van der Waals surface area contributed by atoms with Gasteiger partial charge in [0.2, 0.25) is 0 Å². The highest BCUT2D eigenvalue weighted by Crippen LogP contribution is 2.26. The van der Waals surface area contributed by atoms with Crippen LogP contribution in [0, 0.1) is 0 Å². The van der Waals surface area contributed by atoms with Crippen molar-refractivity contribution in [3.8, 4) is 0 Å². The quantitative estimate of drug-likeness (QED) is 0.0920. The maximum absolute atomic E-state index is 12.0. The number of unbranched alkanes of at least 4 members (excludes halogenated alkanes) is 1. The molecular weight excluding hydrogens is 526 g/mol. The zero-order chi connectivity index (χ0) is 29.6. The molecule has 0 saturated carbocycles. The summed E-state index contributed by atoms with van der Waals surface area (Å²) in [6.45, 7) is 8.70. The van der Waals surface area contributed by atoms with Crippen LogP contribution >= 0.6 is 0 Å². The van der Waals surface area contributed by atoms with E-state index in [-0.39, 0.29) is 5.97 Å². The van der Waals surface area contributed by atoms with Gasteiger partial charge >= 0.3 is 5.97 Å². The van der Waals surface area contributed by atoms with E-state index < -0.39 is 0 Å². The first-order valence-corrected chi connectivity index (χ1v) is 14.2. The van der Waals surface area contributed by atoms with Gasteiger partial charge in [0.05, 0.1) is 46.3 Å². The minimum absolute atomic E-state index is 0.328. The van der Waals surface area contributed by atoms with Crippen molar-refractivity contribution in [3.63, 3.8) is 0 Å². The third kappa shape index (κ3) is 8.99. The number of azo groups is 3. The summed E-state index contributed by atoms with van der Waals surface area (Å²) in [6, 6.07) is 29.6. The van der Waals surface area contributed by atoms with Crippen molar-refractivity contribution in [3.05, 3.63) is 103 Å². The second kappa shape index (κ2) is 15.7. The monoisotopic (exact) mass is 561 g/mol. The van der Waals surface area contributed by atoms with Crippen LogP contribution in [0.3, 0.4) is 0 Å². The van der Waals surface area contributed by atoms with E-state index >= 15 is 0 Å². The Hall–Kier alpha value is -5.05. The molecule has 4 aromatic carbocycles. The van der Waals surface area contributed by atoms with E-state index in [9.17, 15) is 4.79 Å². The van der Waals surface area contributed by atoms with E-state index in [0.29, 0.717) is 34.9 Å². The van der Waals surface area contributed by atoms with Crippen LogP contribution in [0.2, 0.25) is 0 Å². The number of anilines is 1. The molecule has 42 heavy (non-hydrogen) atoms. The van der Waals surface area contributed by atoms with Crippen molar-refractivity contribution in [2.24, 2.45) is 30.7 Å². The van der Waals surface area contributed by atoms with E-state index in [1.807, 2.05) is 60.7 Å². The third-order valence-electron chi connectivity index (χ3n) is 6.35. The average Bonchev–Trinajstić information content (AvgIpc) is 3.04. The Bertz CT molecular complexity index is 1490. The zero-order valence-electron chi connectivity index (χ0n) is 24.2. The molecule has 0 fully saturated rings. The Balaban J connectivity index is 1.28. The third-order valence-corrected chi connectivity index (χ3v) is 6.35. The van der Waals surface area contributed by atoms with Crippen molar-refractivity contribution in [1.29, 1.82) is 0 Å². The highest BCUT2D eigenvalue weighted by molar-refractivity contribution is 5.89. The van der Waals surface area contributed by atoms with Gasteiger partial charge in [-0.1, -0.05) is 13.3 Å². The highest BCUT2D eigenvalue weighted by Gasteiger charge is 2.06. The van der Waals surface area contributed by atoms with Crippen LogP contribution < -0.4 is 4.90 Å². The summed E-state index contributed by atoms with van der Waals surface area (Å²) >= 11 is 0. The molecular formula is C33H35N7O2. The SMILES string of the molecule is CCCCOC(=O)c1ccc(N=Nc2ccc(N=Nc3ccc(N=Nc4ccc(N(CC)CC)cc4)cc3)cc2)cc1. The van der Waals surface area contributed by atoms with E-state index in [0.717, 1.165) is 37.3 Å². The molecule has 214 valence electrons. The van der Waals surface area contributed by atoms with Crippen LogP contribution in [0.4, 0.5) is 39.8 Å². The predicted molar refractivity (Wildman–Crippen MR) is 167 cm³/mol. The minimum Gasteiger partial charge on any atom is -0.462 e. The first-order valence-electron chi connectivity index (χ1n) is 14.2. The zero-order valence-corrected chi connectivity index (χ0v) is 24.2. The Morgan fingerprint density at radius 1 is 0.548 bits per heavy atom. The summed E-state index contributed by atoms with van der Waals surface area (Å²) in [5, 5.41) is 25.8. The second-order valence-corrected chi connectivity index (χ2v) is 9.36. The lowest BCUT2D eigenvalue weighted by Gasteiger charge is -2.20. The maximum atomic E-state index is 12.0. The van der Waals surface area contributed by atoms with Crippen molar-refractivity contribution in [1.82, 2.24) is 0 Å². The molecule has 0 spiro atoms. The van der Waals surface area contributed by atoms with Gasteiger partial charge in [-0.15, -0.1) is 0 Å². The van der Waals surface area contributed by atoms with Gasteiger partial charge in [-0.3, -0.25) is 0 Å². The van der Waals surface area contributed by atoms with Gasteiger partial charge in [-0.05, 0) is 117 Å². The first-order chi connectivity index (χ1) is 20.6. The van der Waals surface area contributed by atoms with Gasteiger partial charge in [-0.2, -0.15) is 30.7 Å². The van der Waals surface area contributed by atoms with Gasteiger partial charge in [0.15, 0.2) is 0 Å². The lowest BCUT2D eigenvalue weighted by atomic mass is 10.2. The molecule has 4 aromatic rings. The van der Waals surface area contributed by atoms with Crippen molar-refractivity contribution in [2.45, 2.75) is 33.6 Å². The number of ether oxygens (including phenoxy) is 1. The fourth-order valence-electron chi connectivity index (χ4n) is 3.89. The molecule has 0 aliphatic rings. The number of benzene rings is 4. The number of hydrogen-bond acceptors (Lipinski definition) is 9. The van der Waals surface area contributed by atoms with Crippen LogP contribution in [-0.2, 0) is 4.74 Å². The summed E-state index contributed by atoms with van der Waals surface area (Å²) in [7, 11) is 0. The van der Waals surface area contributed by atoms with Crippen LogP contribution in [-0.4, -0.2) is 25.7 Å². The van der Waals surface area contributed by atoms with Crippen LogP contribution in [0.1, 0.15) is 44.0 Å².